The largest absolute Gasteiger partial charge is 0.477 e. The van der Waals surface area contributed by atoms with Gasteiger partial charge in [-0.25, -0.2) is 17.9 Å². The number of hydrogen-bond donors (Lipinski definition) is 2. The molecule has 10 heteroatoms. The molecule has 0 aliphatic rings. The SMILES string of the molecule is CCCn1cc(S(=O)(=O)NCc2ncon2)cc1C(=O)O. The van der Waals surface area contributed by atoms with Crippen molar-refractivity contribution in [3.8, 4) is 0 Å². The third kappa shape index (κ3) is 3.47. The summed E-state index contributed by atoms with van der Waals surface area (Å²) in [5.74, 6) is -0.993. The standard InChI is InChI=1S/C11H14N4O5S/c1-2-3-15-6-8(4-9(15)11(16)17)21(18,19)13-5-10-12-7-20-14-10/h4,6-7,13H,2-3,5H2,1H3,(H,16,17). The van der Waals surface area contributed by atoms with Crippen LogP contribution >= 0.6 is 0 Å². The van der Waals surface area contributed by atoms with E-state index in [1.807, 2.05) is 6.92 Å². The fourth-order valence-electron chi connectivity index (χ4n) is 1.75. The van der Waals surface area contributed by atoms with Crippen LogP contribution in [0.4, 0.5) is 0 Å². The van der Waals surface area contributed by atoms with Crippen molar-refractivity contribution in [3.63, 3.8) is 0 Å². The van der Waals surface area contributed by atoms with Gasteiger partial charge in [0.2, 0.25) is 16.4 Å². The smallest absolute Gasteiger partial charge is 0.352 e. The molecule has 9 nitrogen and oxygen atoms in total. The van der Waals surface area contributed by atoms with Crippen molar-refractivity contribution in [2.75, 3.05) is 0 Å². The Hall–Kier alpha value is -2.20. The number of carboxylic acid groups (broad SMARTS) is 1. The van der Waals surface area contributed by atoms with E-state index in [2.05, 4.69) is 19.4 Å². The number of nitrogens with zero attached hydrogens (tertiary/aromatic N) is 3. The summed E-state index contributed by atoms with van der Waals surface area (Å²) >= 11 is 0. The van der Waals surface area contributed by atoms with Crippen LogP contribution in [0.2, 0.25) is 0 Å². The van der Waals surface area contributed by atoms with Gasteiger partial charge in [-0.05, 0) is 12.5 Å². The minimum Gasteiger partial charge on any atom is -0.477 e. The summed E-state index contributed by atoms with van der Waals surface area (Å²) in [4.78, 5) is 14.7. The number of aromatic carboxylic acids is 1. The predicted molar refractivity (Wildman–Crippen MR) is 70.0 cm³/mol. The highest BCUT2D eigenvalue weighted by Gasteiger charge is 2.21. The Morgan fingerprint density at radius 1 is 1.52 bits per heavy atom. The van der Waals surface area contributed by atoms with Gasteiger partial charge in [0.25, 0.3) is 0 Å². The number of sulfonamides is 1. The van der Waals surface area contributed by atoms with Gasteiger partial charge >= 0.3 is 5.97 Å². The van der Waals surface area contributed by atoms with Gasteiger partial charge in [-0.2, -0.15) is 4.98 Å². The minimum absolute atomic E-state index is 0.0724. The van der Waals surface area contributed by atoms with E-state index in [1.165, 1.54) is 10.8 Å². The van der Waals surface area contributed by atoms with Gasteiger partial charge in [0, 0.05) is 12.7 Å². The molecular formula is C11H14N4O5S. The van der Waals surface area contributed by atoms with E-state index in [0.717, 1.165) is 12.5 Å². The first-order chi connectivity index (χ1) is 9.94. The molecule has 2 aromatic rings. The predicted octanol–water partition coefficient (Wildman–Crippen LogP) is 0.458. The van der Waals surface area contributed by atoms with E-state index < -0.39 is 16.0 Å². The van der Waals surface area contributed by atoms with Crippen molar-refractivity contribution < 1.29 is 22.8 Å². The van der Waals surface area contributed by atoms with Crippen LogP contribution in [0.3, 0.4) is 0 Å². The molecule has 2 heterocycles. The Morgan fingerprint density at radius 3 is 2.86 bits per heavy atom. The fourth-order valence-corrected chi connectivity index (χ4v) is 2.77. The van der Waals surface area contributed by atoms with Crippen LogP contribution in [-0.4, -0.2) is 34.2 Å². The second kappa shape index (κ2) is 6.06. The molecule has 21 heavy (non-hydrogen) atoms. The summed E-state index contributed by atoms with van der Waals surface area (Å²) in [6, 6.07) is 1.12. The molecule has 0 fully saturated rings. The Morgan fingerprint density at radius 2 is 2.29 bits per heavy atom. The van der Waals surface area contributed by atoms with E-state index in [4.69, 9.17) is 5.11 Å². The molecule has 0 aromatic carbocycles. The first kappa shape index (κ1) is 15.2. The molecule has 0 aliphatic carbocycles. The molecule has 0 aliphatic heterocycles. The van der Waals surface area contributed by atoms with Crippen LogP contribution in [0.1, 0.15) is 29.7 Å². The van der Waals surface area contributed by atoms with Crippen LogP contribution in [-0.2, 0) is 23.1 Å². The second-order valence-corrected chi connectivity index (χ2v) is 6.00. The molecule has 0 saturated carbocycles. The molecule has 0 atom stereocenters. The maximum absolute atomic E-state index is 12.1. The number of carboxylic acids is 1. The number of nitrogens with one attached hydrogen (secondary N) is 1. The van der Waals surface area contributed by atoms with Gasteiger partial charge in [-0.1, -0.05) is 12.1 Å². The summed E-state index contributed by atoms with van der Waals surface area (Å²) < 4.78 is 32.4. The van der Waals surface area contributed by atoms with Gasteiger partial charge < -0.3 is 14.2 Å². The summed E-state index contributed by atoms with van der Waals surface area (Å²) in [6.07, 6.45) is 3.07. The Kier molecular flexibility index (Phi) is 4.38. The highest BCUT2D eigenvalue weighted by atomic mass is 32.2. The zero-order chi connectivity index (χ0) is 15.5. The van der Waals surface area contributed by atoms with Crippen molar-refractivity contribution in [3.05, 3.63) is 30.2 Å². The third-order valence-corrected chi connectivity index (χ3v) is 4.06. The number of aromatic nitrogens is 3. The van der Waals surface area contributed by atoms with Crippen LogP contribution < -0.4 is 4.72 Å². The monoisotopic (exact) mass is 314 g/mol. The molecule has 0 saturated heterocycles. The molecule has 0 spiro atoms. The fraction of sp³-hybridized carbons (Fsp3) is 0.364. The number of rotatable bonds is 7. The second-order valence-electron chi connectivity index (χ2n) is 4.23. The van der Waals surface area contributed by atoms with Crippen LogP contribution in [0.25, 0.3) is 0 Å². The summed E-state index contributed by atoms with van der Waals surface area (Å²) in [7, 11) is -3.85. The zero-order valence-electron chi connectivity index (χ0n) is 11.2. The third-order valence-electron chi connectivity index (χ3n) is 2.69. The Balaban J connectivity index is 2.23. The van der Waals surface area contributed by atoms with Gasteiger partial charge in [0.05, 0.1) is 6.54 Å². The van der Waals surface area contributed by atoms with Crippen molar-refractivity contribution in [1.82, 2.24) is 19.4 Å². The summed E-state index contributed by atoms with van der Waals surface area (Å²) in [5, 5.41) is 12.6. The normalized spacial score (nSPS) is 11.7. The molecule has 114 valence electrons. The molecule has 0 radical (unpaired) electrons. The quantitative estimate of drug-likeness (QED) is 0.759. The van der Waals surface area contributed by atoms with E-state index in [0.29, 0.717) is 13.0 Å². The highest BCUT2D eigenvalue weighted by molar-refractivity contribution is 7.89. The lowest BCUT2D eigenvalue weighted by atomic mass is 10.4. The maximum atomic E-state index is 12.1. The Bertz CT molecular complexity index is 720. The van der Waals surface area contributed by atoms with Gasteiger partial charge in [0.15, 0.2) is 5.82 Å². The molecule has 0 bridgehead atoms. The summed E-state index contributed by atoms with van der Waals surface area (Å²) in [5.41, 5.74) is -0.0724. The van der Waals surface area contributed by atoms with Crippen molar-refractivity contribution >= 4 is 16.0 Å². The maximum Gasteiger partial charge on any atom is 0.352 e. The topological polar surface area (TPSA) is 127 Å². The first-order valence-corrected chi connectivity index (χ1v) is 7.60. The van der Waals surface area contributed by atoms with Crippen LogP contribution in [0.15, 0.2) is 28.1 Å². The van der Waals surface area contributed by atoms with Gasteiger partial charge in [-0.15, -0.1) is 0 Å². The van der Waals surface area contributed by atoms with E-state index in [1.54, 1.807) is 0 Å². The van der Waals surface area contributed by atoms with Gasteiger partial charge in [-0.3, -0.25) is 0 Å². The summed E-state index contributed by atoms with van der Waals surface area (Å²) in [6.45, 7) is 2.15. The Labute approximate surface area is 120 Å². The lowest BCUT2D eigenvalue weighted by molar-refractivity contribution is 0.0685. The molecular weight excluding hydrogens is 300 g/mol. The zero-order valence-corrected chi connectivity index (χ0v) is 12.0. The van der Waals surface area contributed by atoms with Crippen LogP contribution in [0.5, 0.6) is 0 Å². The molecule has 2 N–H and O–H groups in total. The van der Waals surface area contributed by atoms with Crippen molar-refractivity contribution in [2.24, 2.45) is 0 Å². The molecule has 2 rings (SSSR count). The average Bonchev–Trinajstić information content (AvgIpc) is 3.06. The number of hydrogen-bond acceptors (Lipinski definition) is 6. The lowest BCUT2D eigenvalue weighted by Gasteiger charge is -2.03. The lowest BCUT2D eigenvalue weighted by Crippen LogP contribution is -2.23. The van der Waals surface area contributed by atoms with Crippen LogP contribution in [0, 0.1) is 0 Å². The van der Waals surface area contributed by atoms with E-state index >= 15 is 0 Å². The van der Waals surface area contributed by atoms with Crippen molar-refractivity contribution in [2.45, 2.75) is 31.3 Å². The first-order valence-electron chi connectivity index (χ1n) is 6.12. The highest BCUT2D eigenvalue weighted by Crippen LogP contribution is 2.15. The number of aryl methyl sites for hydroxylation is 1. The van der Waals surface area contributed by atoms with Crippen molar-refractivity contribution in [1.29, 1.82) is 0 Å². The average molecular weight is 314 g/mol. The van der Waals surface area contributed by atoms with E-state index in [9.17, 15) is 13.2 Å². The molecule has 0 unspecified atom stereocenters. The molecule has 0 amide bonds. The van der Waals surface area contributed by atoms with Gasteiger partial charge in [0.1, 0.15) is 10.6 Å². The minimum atomic E-state index is -3.85. The number of carbonyl (C=O) groups is 1. The van der Waals surface area contributed by atoms with E-state index in [-0.39, 0.29) is 23.0 Å². The molecule has 2 aromatic heterocycles.